The Morgan fingerprint density at radius 3 is 2.95 bits per heavy atom. The van der Waals surface area contributed by atoms with Gasteiger partial charge in [0.2, 0.25) is 0 Å². The summed E-state index contributed by atoms with van der Waals surface area (Å²) >= 11 is 1.92. The lowest BCUT2D eigenvalue weighted by molar-refractivity contribution is 0.197. The molecule has 1 saturated heterocycles. The zero-order chi connectivity index (χ0) is 13.7. The lowest BCUT2D eigenvalue weighted by Crippen LogP contribution is -2.39. The minimum Gasteiger partial charge on any atom is -0.381 e. The first kappa shape index (κ1) is 14.7. The Bertz CT molecular complexity index is 394. The van der Waals surface area contributed by atoms with E-state index < -0.39 is 0 Å². The van der Waals surface area contributed by atoms with Gasteiger partial charge in [0.15, 0.2) is 0 Å². The highest BCUT2D eigenvalue weighted by molar-refractivity contribution is 7.99. The van der Waals surface area contributed by atoms with Gasteiger partial charge in [-0.15, -0.1) is 11.8 Å². The molecule has 0 radical (unpaired) electrons. The summed E-state index contributed by atoms with van der Waals surface area (Å²) in [5, 5.41) is 3.74. The summed E-state index contributed by atoms with van der Waals surface area (Å²) in [6, 6.07) is 9.22. The number of rotatable bonds is 5. The summed E-state index contributed by atoms with van der Waals surface area (Å²) in [4.78, 5) is 3.83. The number of anilines is 1. The van der Waals surface area contributed by atoms with Crippen LogP contribution in [0.5, 0.6) is 0 Å². The molecule has 3 heteroatoms. The largest absolute Gasteiger partial charge is 0.381 e. The highest BCUT2D eigenvalue weighted by atomic mass is 32.2. The maximum Gasteiger partial charge on any atom is 0.0480 e. The molecule has 2 nitrogen and oxygen atoms in total. The van der Waals surface area contributed by atoms with Gasteiger partial charge in [0.05, 0.1) is 0 Å². The Morgan fingerprint density at radius 1 is 1.42 bits per heavy atom. The van der Waals surface area contributed by atoms with Crippen LogP contribution < -0.4 is 5.32 Å². The molecule has 2 rings (SSSR count). The fourth-order valence-corrected chi connectivity index (χ4v) is 3.61. The number of hydrogen-bond acceptors (Lipinski definition) is 3. The number of nitrogens with zero attached hydrogens (tertiary/aromatic N) is 1. The van der Waals surface area contributed by atoms with Crippen molar-refractivity contribution in [2.45, 2.75) is 37.6 Å². The number of hydrogen-bond donors (Lipinski definition) is 1. The number of thioether (sulfide) groups is 1. The molecule has 1 aromatic rings. The maximum atomic E-state index is 3.74. The van der Waals surface area contributed by atoms with E-state index in [0.29, 0.717) is 6.04 Å². The van der Waals surface area contributed by atoms with E-state index in [9.17, 15) is 0 Å². The molecular weight excluding hydrogens is 252 g/mol. The van der Waals surface area contributed by atoms with Gasteiger partial charge in [-0.3, -0.25) is 0 Å². The van der Waals surface area contributed by atoms with Crippen molar-refractivity contribution in [2.24, 2.45) is 5.92 Å². The van der Waals surface area contributed by atoms with E-state index in [-0.39, 0.29) is 0 Å². The Labute approximate surface area is 122 Å². The van der Waals surface area contributed by atoms with Gasteiger partial charge in [-0.25, -0.2) is 0 Å². The molecule has 1 aliphatic rings. The van der Waals surface area contributed by atoms with E-state index in [0.717, 1.165) is 11.7 Å². The lowest BCUT2D eigenvalue weighted by Gasteiger charge is -2.34. The second-order valence-electron chi connectivity index (χ2n) is 5.53. The molecule has 2 atom stereocenters. The van der Waals surface area contributed by atoms with Crippen LogP contribution in [0.25, 0.3) is 0 Å². The quantitative estimate of drug-likeness (QED) is 0.821. The van der Waals surface area contributed by atoms with Crippen LogP contribution in [0, 0.1) is 5.92 Å². The highest BCUT2D eigenvalue weighted by Crippen LogP contribution is 2.29. The van der Waals surface area contributed by atoms with E-state index >= 15 is 0 Å². The molecule has 1 fully saturated rings. The van der Waals surface area contributed by atoms with Crippen LogP contribution in [0.15, 0.2) is 29.2 Å². The van der Waals surface area contributed by atoms with Crippen molar-refractivity contribution in [1.82, 2.24) is 4.90 Å². The molecule has 0 saturated carbocycles. The monoisotopic (exact) mass is 278 g/mol. The van der Waals surface area contributed by atoms with Crippen molar-refractivity contribution in [3.63, 3.8) is 0 Å². The van der Waals surface area contributed by atoms with Crippen LogP contribution >= 0.6 is 11.8 Å². The van der Waals surface area contributed by atoms with Crippen LogP contribution in [0.4, 0.5) is 5.69 Å². The fraction of sp³-hybridized carbons (Fsp3) is 0.625. The molecule has 1 N–H and O–H groups in total. The van der Waals surface area contributed by atoms with Gasteiger partial charge in [-0.05, 0) is 57.2 Å². The smallest absolute Gasteiger partial charge is 0.0480 e. The van der Waals surface area contributed by atoms with E-state index in [1.165, 1.54) is 36.5 Å². The van der Waals surface area contributed by atoms with Crippen molar-refractivity contribution in [2.75, 3.05) is 31.2 Å². The molecule has 2 unspecified atom stereocenters. The molecule has 19 heavy (non-hydrogen) atoms. The zero-order valence-electron chi connectivity index (χ0n) is 12.4. The standard InChI is InChI=1S/C16H26N2S/c1-4-19-16-10-6-5-9-15(16)17-13(2)14-8-7-11-18(3)12-14/h5-6,9-10,13-14,17H,4,7-8,11-12H2,1-3H3. The first-order chi connectivity index (χ1) is 9.20. The second-order valence-corrected chi connectivity index (χ2v) is 6.83. The van der Waals surface area contributed by atoms with Gasteiger partial charge in [0.25, 0.3) is 0 Å². The Hall–Kier alpha value is -0.670. The van der Waals surface area contributed by atoms with Gasteiger partial charge in [0.1, 0.15) is 0 Å². The molecule has 0 spiro atoms. The van der Waals surface area contributed by atoms with Crippen molar-refractivity contribution in [3.8, 4) is 0 Å². The molecule has 0 amide bonds. The normalized spacial score (nSPS) is 22.2. The summed E-state index contributed by atoms with van der Waals surface area (Å²) in [6.07, 6.45) is 2.68. The van der Waals surface area contributed by atoms with E-state index in [2.05, 4.69) is 55.4 Å². The minimum absolute atomic E-state index is 0.543. The average Bonchev–Trinajstić information content (AvgIpc) is 2.41. The third-order valence-corrected chi connectivity index (χ3v) is 4.89. The Balaban J connectivity index is 1.99. The summed E-state index contributed by atoms with van der Waals surface area (Å²) in [5.41, 5.74) is 1.30. The Kier molecular flexibility index (Phi) is 5.59. The molecule has 106 valence electrons. The van der Waals surface area contributed by atoms with Crippen LogP contribution in [0.2, 0.25) is 0 Å². The molecule has 1 aromatic carbocycles. The van der Waals surface area contributed by atoms with Crippen molar-refractivity contribution in [3.05, 3.63) is 24.3 Å². The number of benzene rings is 1. The van der Waals surface area contributed by atoms with Gasteiger partial charge in [-0.1, -0.05) is 19.1 Å². The van der Waals surface area contributed by atoms with Crippen LogP contribution in [0.3, 0.4) is 0 Å². The highest BCUT2D eigenvalue weighted by Gasteiger charge is 2.23. The minimum atomic E-state index is 0.543. The first-order valence-corrected chi connectivity index (χ1v) is 8.36. The number of para-hydroxylation sites is 1. The average molecular weight is 278 g/mol. The summed E-state index contributed by atoms with van der Waals surface area (Å²) in [7, 11) is 2.24. The summed E-state index contributed by atoms with van der Waals surface area (Å²) in [6.45, 7) is 7.01. The summed E-state index contributed by atoms with van der Waals surface area (Å²) < 4.78 is 0. The maximum absolute atomic E-state index is 3.74. The predicted molar refractivity (Wildman–Crippen MR) is 86.1 cm³/mol. The molecule has 1 aliphatic heterocycles. The van der Waals surface area contributed by atoms with Gasteiger partial charge in [-0.2, -0.15) is 0 Å². The fourth-order valence-electron chi connectivity index (χ4n) is 2.84. The van der Waals surface area contributed by atoms with E-state index in [4.69, 9.17) is 0 Å². The van der Waals surface area contributed by atoms with Crippen molar-refractivity contribution < 1.29 is 0 Å². The van der Waals surface area contributed by atoms with Crippen LogP contribution in [-0.4, -0.2) is 36.8 Å². The number of likely N-dealkylation sites (tertiary alicyclic amines) is 1. The topological polar surface area (TPSA) is 15.3 Å². The molecule has 0 aromatic heterocycles. The molecule has 0 aliphatic carbocycles. The van der Waals surface area contributed by atoms with Crippen molar-refractivity contribution >= 4 is 17.4 Å². The SMILES string of the molecule is CCSc1ccccc1NC(C)C1CCCN(C)C1. The lowest BCUT2D eigenvalue weighted by atomic mass is 9.92. The van der Waals surface area contributed by atoms with Gasteiger partial charge in [0, 0.05) is 23.2 Å². The first-order valence-electron chi connectivity index (χ1n) is 7.37. The predicted octanol–water partition coefficient (Wildman–Crippen LogP) is 3.94. The number of nitrogens with one attached hydrogen (secondary N) is 1. The van der Waals surface area contributed by atoms with Gasteiger partial charge < -0.3 is 10.2 Å². The summed E-state index contributed by atoms with van der Waals surface area (Å²) in [5.74, 6) is 1.89. The molecule has 0 bridgehead atoms. The zero-order valence-corrected chi connectivity index (χ0v) is 13.2. The third kappa shape index (κ3) is 4.15. The van der Waals surface area contributed by atoms with E-state index in [1.807, 2.05) is 11.8 Å². The van der Waals surface area contributed by atoms with Crippen LogP contribution in [-0.2, 0) is 0 Å². The molecular formula is C16H26N2S. The second kappa shape index (κ2) is 7.20. The van der Waals surface area contributed by atoms with Crippen LogP contribution in [0.1, 0.15) is 26.7 Å². The molecule has 1 heterocycles. The third-order valence-electron chi connectivity index (χ3n) is 3.94. The van der Waals surface area contributed by atoms with E-state index in [1.54, 1.807) is 0 Å². The number of piperidine rings is 1. The Morgan fingerprint density at radius 2 is 2.21 bits per heavy atom. The van der Waals surface area contributed by atoms with Crippen molar-refractivity contribution in [1.29, 1.82) is 0 Å². The van der Waals surface area contributed by atoms with Gasteiger partial charge >= 0.3 is 0 Å².